The molecule has 0 amide bonds. The lowest BCUT2D eigenvalue weighted by molar-refractivity contribution is 1.38. The van der Waals surface area contributed by atoms with Crippen molar-refractivity contribution in [3.63, 3.8) is 0 Å². The van der Waals surface area contributed by atoms with E-state index in [4.69, 9.17) is 11.6 Å². The summed E-state index contributed by atoms with van der Waals surface area (Å²) in [6.07, 6.45) is 0. The first-order valence-electron chi connectivity index (χ1n) is 4.93. The van der Waals surface area contributed by atoms with Gasteiger partial charge in [0, 0.05) is 11.6 Å². The first-order valence-corrected chi connectivity index (χ1v) is 5.30. The highest BCUT2D eigenvalue weighted by Crippen LogP contribution is 2.32. The average Bonchev–Trinajstić information content (AvgIpc) is 2.20. The van der Waals surface area contributed by atoms with Gasteiger partial charge in [0.05, 0.1) is 5.02 Å². The number of halogens is 1. The number of aryl methyl sites for hydroxylation is 2. The summed E-state index contributed by atoms with van der Waals surface area (Å²) in [5.41, 5.74) is 4.78. The van der Waals surface area contributed by atoms with Gasteiger partial charge >= 0.3 is 0 Å². The molecule has 0 bridgehead atoms. The van der Waals surface area contributed by atoms with Crippen LogP contribution in [-0.2, 0) is 0 Å². The molecule has 0 atom stereocenters. The second-order valence-corrected chi connectivity index (χ2v) is 4.04. The van der Waals surface area contributed by atoms with Gasteiger partial charge in [-0.15, -0.1) is 0 Å². The van der Waals surface area contributed by atoms with Crippen molar-refractivity contribution in [3.05, 3.63) is 58.6 Å². The molecule has 0 heterocycles. The van der Waals surface area contributed by atoms with Gasteiger partial charge in [0.15, 0.2) is 0 Å². The highest BCUT2D eigenvalue weighted by molar-refractivity contribution is 6.33. The number of rotatable bonds is 1. The van der Waals surface area contributed by atoms with Crippen LogP contribution in [0.3, 0.4) is 0 Å². The van der Waals surface area contributed by atoms with Crippen LogP contribution in [0.2, 0.25) is 5.02 Å². The molecular formula is C14H12Cl. The smallest absolute Gasteiger partial charge is 0.0563 e. The summed E-state index contributed by atoms with van der Waals surface area (Å²) in [5.74, 6) is 0. The molecule has 0 aliphatic heterocycles. The normalized spacial score (nSPS) is 10.3. The Hall–Kier alpha value is -1.27. The molecule has 0 fully saturated rings. The molecule has 0 nitrogen and oxygen atoms in total. The lowest BCUT2D eigenvalue weighted by atomic mass is 9.96. The van der Waals surface area contributed by atoms with Crippen molar-refractivity contribution >= 4 is 11.6 Å². The van der Waals surface area contributed by atoms with E-state index in [1.807, 2.05) is 18.2 Å². The third-order valence-electron chi connectivity index (χ3n) is 2.56. The first kappa shape index (κ1) is 10.3. The standard InChI is InChI=1S/C14H12Cl/c1-10-6-5-7-11(2)14(10)12-8-3-4-9-13(12)15/h3-8H,1-2H3. The van der Waals surface area contributed by atoms with Crippen molar-refractivity contribution in [1.82, 2.24) is 0 Å². The van der Waals surface area contributed by atoms with Crippen molar-refractivity contribution in [1.29, 1.82) is 0 Å². The van der Waals surface area contributed by atoms with E-state index < -0.39 is 0 Å². The summed E-state index contributed by atoms with van der Waals surface area (Å²) in [6.45, 7) is 4.21. The zero-order valence-corrected chi connectivity index (χ0v) is 9.60. The monoisotopic (exact) mass is 215 g/mol. The largest absolute Gasteiger partial charge is 0.0830 e. The van der Waals surface area contributed by atoms with Crippen LogP contribution in [0.15, 0.2) is 36.4 Å². The quantitative estimate of drug-likeness (QED) is 0.661. The van der Waals surface area contributed by atoms with Gasteiger partial charge < -0.3 is 0 Å². The minimum atomic E-state index is 0.690. The maximum absolute atomic E-state index is 6.15. The molecule has 0 N–H and O–H groups in total. The second kappa shape index (κ2) is 4.08. The van der Waals surface area contributed by atoms with Crippen LogP contribution in [0.5, 0.6) is 0 Å². The van der Waals surface area contributed by atoms with Crippen LogP contribution in [-0.4, -0.2) is 0 Å². The fourth-order valence-electron chi connectivity index (χ4n) is 1.85. The van der Waals surface area contributed by atoms with Gasteiger partial charge in [0.1, 0.15) is 0 Å². The molecule has 2 aromatic carbocycles. The van der Waals surface area contributed by atoms with E-state index in [0.29, 0.717) is 5.02 Å². The van der Waals surface area contributed by atoms with Crippen molar-refractivity contribution in [3.8, 4) is 11.1 Å². The molecule has 2 rings (SSSR count). The molecule has 2 aromatic rings. The third kappa shape index (κ3) is 1.91. The lowest BCUT2D eigenvalue weighted by Crippen LogP contribution is -1.88. The van der Waals surface area contributed by atoms with Gasteiger partial charge in [-0.3, -0.25) is 0 Å². The summed E-state index contributed by atoms with van der Waals surface area (Å²) in [4.78, 5) is 0. The Morgan fingerprint density at radius 3 is 2.27 bits per heavy atom. The lowest BCUT2D eigenvalue weighted by Gasteiger charge is -2.10. The minimum absolute atomic E-state index is 0.690. The van der Waals surface area contributed by atoms with E-state index >= 15 is 0 Å². The number of hydrogen-bond acceptors (Lipinski definition) is 0. The van der Waals surface area contributed by atoms with Crippen LogP contribution >= 0.6 is 11.6 Å². The molecule has 0 aliphatic carbocycles. The molecule has 0 spiro atoms. The SMILES string of the molecule is Cc1cccc(C)c1-c1ccc[c]c1Cl. The van der Waals surface area contributed by atoms with E-state index in [2.05, 4.69) is 38.1 Å². The molecule has 0 saturated heterocycles. The summed E-state index contributed by atoms with van der Waals surface area (Å²) in [5, 5.41) is 0.690. The van der Waals surface area contributed by atoms with Crippen LogP contribution in [0.25, 0.3) is 11.1 Å². The summed E-state index contributed by atoms with van der Waals surface area (Å²) in [7, 11) is 0. The van der Waals surface area contributed by atoms with Crippen LogP contribution < -0.4 is 0 Å². The van der Waals surface area contributed by atoms with Crippen LogP contribution in [0.1, 0.15) is 11.1 Å². The van der Waals surface area contributed by atoms with Crippen molar-refractivity contribution < 1.29 is 0 Å². The predicted molar refractivity (Wildman–Crippen MR) is 65.2 cm³/mol. The van der Waals surface area contributed by atoms with Gasteiger partial charge in [0.2, 0.25) is 0 Å². The van der Waals surface area contributed by atoms with Crippen LogP contribution in [0.4, 0.5) is 0 Å². The van der Waals surface area contributed by atoms with E-state index in [0.717, 1.165) is 5.56 Å². The Morgan fingerprint density at radius 1 is 1.00 bits per heavy atom. The summed E-state index contributed by atoms with van der Waals surface area (Å²) in [6, 6.07) is 15.1. The van der Waals surface area contributed by atoms with Gasteiger partial charge in [0.25, 0.3) is 0 Å². The topological polar surface area (TPSA) is 0 Å². The number of benzene rings is 2. The Kier molecular flexibility index (Phi) is 2.79. The van der Waals surface area contributed by atoms with Crippen molar-refractivity contribution in [2.75, 3.05) is 0 Å². The maximum Gasteiger partial charge on any atom is 0.0563 e. The highest BCUT2D eigenvalue weighted by Gasteiger charge is 2.07. The highest BCUT2D eigenvalue weighted by atomic mass is 35.5. The Morgan fingerprint density at radius 2 is 1.67 bits per heavy atom. The van der Waals surface area contributed by atoms with Gasteiger partial charge in [-0.1, -0.05) is 48.0 Å². The van der Waals surface area contributed by atoms with E-state index in [-0.39, 0.29) is 0 Å². The zero-order chi connectivity index (χ0) is 10.8. The second-order valence-electron chi connectivity index (χ2n) is 3.66. The number of hydrogen-bond donors (Lipinski definition) is 0. The molecule has 0 saturated carbocycles. The molecule has 1 radical (unpaired) electrons. The molecule has 15 heavy (non-hydrogen) atoms. The van der Waals surface area contributed by atoms with Crippen molar-refractivity contribution in [2.45, 2.75) is 13.8 Å². The predicted octanol–water partition coefficient (Wildman–Crippen LogP) is 4.42. The average molecular weight is 216 g/mol. The van der Waals surface area contributed by atoms with Gasteiger partial charge in [-0.2, -0.15) is 0 Å². The fourth-order valence-corrected chi connectivity index (χ4v) is 2.07. The molecule has 1 heteroatoms. The fraction of sp³-hybridized carbons (Fsp3) is 0.143. The Balaban J connectivity index is 2.69. The van der Waals surface area contributed by atoms with Crippen molar-refractivity contribution in [2.24, 2.45) is 0 Å². The minimum Gasteiger partial charge on any atom is -0.0830 e. The molecule has 0 aliphatic rings. The summed E-state index contributed by atoms with van der Waals surface area (Å²) < 4.78 is 0. The Bertz CT molecular complexity index is 466. The zero-order valence-electron chi connectivity index (χ0n) is 8.84. The van der Waals surface area contributed by atoms with E-state index in [9.17, 15) is 0 Å². The molecule has 0 unspecified atom stereocenters. The maximum atomic E-state index is 6.15. The Labute approximate surface area is 95.5 Å². The van der Waals surface area contributed by atoms with Crippen LogP contribution in [0, 0.1) is 19.9 Å². The molecule has 75 valence electrons. The van der Waals surface area contributed by atoms with E-state index in [1.165, 1.54) is 16.7 Å². The third-order valence-corrected chi connectivity index (χ3v) is 2.87. The van der Waals surface area contributed by atoms with Gasteiger partial charge in [-0.05, 0) is 30.5 Å². The first-order chi connectivity index (χ1) is 7.20. The molecule has 0 aromatic heterocycles. The van der Waals surface area contributed by atoms with E-state index in [1.54, 1.807) is 0 Å². The molecular weight excluding hydrogens is 204 g/mol. The van der Waals surface area contributed by atoms with Gasteiger partial charge in [-0.25, -0.2) is 0 Å². The summed E-state index contributed by atoms with van der Waals surface area (Å²) >= 11 is 6.15.